The van der Waals surface area contributed by atoms with Gasteiger partial charge in [0, 0.05) is 28.9 Å². The Balaban J connectivity index is 1.71. The van der Waals surface area contributed by atoms with Crippen LogP contribution in [0.3, 0.4) is 0 Å². The molecule has 1 N–H and O–H groups in total. The lowest BCUT2D eigenvalue weighted by molar-refractivity contribution is -0.117. The van der Waals surface area contributed by atoms with E-state index in [9.17, 15) is 18.0 Å². The minimum Gasteiger partial charge on any atom is -0.444 e. The van der Waals surface area contributed by atoms with Gasteiger partial charge in [0.1, 0.15) is 5.60 Å². The van der Waals surface area contributed by atoms with E-state index in [1.807, 2.05) is 6.07 Å². The molecule has 0 aromatic heterocycles. The highest BCUT2D eigenvalue weighted by Crippen LogP contribution is 2.41. The Hall–Kier alpha value is -1.78. The van der Waals surface area contributed by atoms with Crippen LogP contribution in [0.1, 0.15) is 27.2 Å². The van der Waals surface area contributed by atoms with Crippen molar-refractivity contribution in [3.05, 3.63) is 29.3 Å². The molecule has 2 unspecified atom stereocenters. The molecule has 0 bridgehead atoms. The quantitative estimate of drug-likeness (QED) is 0.716. The summed E-state index contributed by atoms with van der Waals surface area (Å²) in [5.41, 5.74) is 0.0720. The lowest BCUT2D eigenvalue weighted by Gasteiger charge is -2.24. The maximum atomic E-state index is 12.4. The maximum Gasteiger partial charge on any atom is 0.407 e. The highest BCUT2D eigenvalue weighted by molar-refractivity contribution is 8.16. The van der Waals surface area contributed by atoms with Crippen LogP contribution in [0.2, 0.25) is 5.02 Å². The molecular weight excluding hydrogens is 450 g/mol. The normalized spacial score (nSPS) is 24.0. The van der Waals surface area contributed by atoms with Crippen LogP contribution in [0.4, 0.5) is 10.5 Å². The number of thioether (sulfide) groups is 1. The summed E-state index contributed by atoms with van der Waals surface area (Å²) in [6.45, 7) is 5.35. The Kier molecular flexibility index (Phi) is 6.69. The van der Waals surface area contributed by atoms with Gasteiger partial charge in [-0.1, -0.05) is 29.4 Å². The minimum absolute atomic E-state index is 0.000318. The van der Waals surface area contributed by atoms with E-state index in [1.165, 1.54) is 11.8 Å². The second-order valence-corrected chi connectivity index (χ2v) is 11.9. The number of aliphatic imine (C=N–C) groups is 1. The van der Waals surface area contributed by atoms with Crippen LogP contribution in [-0.2, 0) is 19.4 Å². The van der Waals surface area contributed by atoms with Crippen molar-refractivity contribution in [3.8, 4) is 0 Å². The van der Waals surface area contributed by atoms with Gasteiger partial charge in [-0.2, -0.15) is 4.99 Å². The Bertz CT molecular complexity index is 975. The third-order valence-corrected chi connectivity index (χ3v) is 7.83. The highest BCUT2D eigenvalue weighted by atomic mass is 35.5. The van der Waals surface area contributed by atoms with Crippen molar-refractivity contribution in [1.29, 1.82) is 0 Å². The number of fused-ring (bicyclic) bond motifs is 1. The summed E-state index contributed by atoms with van der Waals surface area (Å²) < 4.78 is 29.3. The topological polar surface area (TPSA) is 105 Å². The number of ether oxygens (including phenoxy) is 1. The molecule has 0 aliphatic carbocycles. The second kappa shape index (κ2) is 8.76. The highest BCUT2D eigenvalue weighted by Gasteiger charge is 2.49. The molecule has 3 rings (SSSR count). The van der Waals surface area contributed by atoms with Crippen LogP contribution in [0.25, 0.3) is 0 Å². The number of benzene rings is 1. The maximum absolute atomic E-state index is 12.4. The molecule has 164 valence electrons. The molecule has 0 spiro atoms. The Labute approximate surface area is 185 Å². The summed E-state index contributed by atoms with van der Waals surface area (Å²) in [4.78, 5) is 30.1. The van der Waals surface area contributed by atoms with E-state index in [2.05, 4.69) is 10.3 Å². The summed E-state index contributed by atoms with van der Waals surface area (Å²) in [5, 5.41) is 3.29. The molecule has 0 radical (unpaired) electrons. The second-order valence-electron chi connectivity index (χ2n) is 8.12. The van der Waals surface area contributed by atoms with Gasteiger partial charge in [-0.15, -0.1) is 0 Å². The van der Waals surface area contributed by atoms with E-state index in [1.54, 1.807) is 43.9 Å². The molecule has 2 atom stereocenters. The number of sulfone groups is 1. The van der Waals surface area contributed by atoms with E-state index in [4.69, 9.17) is 16.3 Å². The van der Waals surface area contributed by atoms with Crippen molar-refractivity contribution in [2.75, 3.05) is 23.0 Å². The Morgan fingerprint density at radius 1 is 1.33 bits per heavy atom. The number of hydrogen-bond acceptors (Lipinski definition) is 6. The van der Waals surface area contributed by atoms with E-state index < -0.39 is 27.4 Å². The van der Waals surface area contributed by atoms with Crippen molar-refractivity contribution >= 4 is 56.1 Å². The number of hydrogen-bond donors (Lipinski definition) is 1. The van der Waals surface area contributed by atoms with Crippen LogP contribution >= 0.6 is 23.4 Å². The molecule has 30 heavy (non-hydrogen) atoms. The number of rotatable bonds is 4. The van der Waals surface area contributed by atoms with Gasteiger partial charge in [0.2, 0.25) is 5.91 Å². The average Bonchev–Trinajstić information content (AvgIpc) is 3.03. The average molecular weight is 474 g/mol. The summed E-state index contributed by atoms with van der Waals surface area (Å²) in [6, 6.07) is 6.72. The van der Waals surface area contributed by atoms with Gasteiger partial charge in [-0.25, -0.2) is 13.2 Å². The predicted octanol–water partition coefficient (Wildman–Crippen LogP) is 2.86. The van der Waals surface area contributed by atoms with Crippen molar-refractivity contribution < 1.29 is 22.7 Å². The standard InChI is InChI=1S/C19H24ClN3O5S2/c1-19(2,3)28-18(25)21-8-7-16(24)22-17-23(13-6-4-5-12(20)9-13)14-10-30(26,27)11-15(14)29-17/h4-6,9,14-15H,7-8,10-11H2,1-3H3,(H,21,25). The van der Waals surface area contributed by atoms with Gasteiger partial charge < -0.3 is 15.0 Å². The van der Waals surface area contributed by atoms with Gasteiger partial charge in [-0.3, -0.25) is 4.79 Å². The van der Waals surface area contributed by atoms with Crippen LogP contribution < -0.4 is 10.2 Å². The summed E-state index contributed by atoms with van der Waals surface area (Å²) >= 11 is 7.40. The number of carbonyl (C=O) groups excluding carboxylic acids is 2. The molecule has 2 fully saturated rings. The lowest BCUT2D eigenvalue weighted by atomic mass is 10.2. The fourth-order valence-electron chi connectivity index (χ4n) is 3.24. The van der Waals surface area contributed by atoms with E-state index in [-0.39, 0.29) is 35.8 Å². The molecule has 2 amide bonds. The monoisotopic (exact) mass is 473 g/mol. The zero-order chi connectivity index (χ0) is 22.1. The fraction of sp³-hybridized carbons (Fsp3) is 0.526. The molecule has 8 nitrogen and oxygen atoms in total. The molecule has 2 aliphatic heterocycles. The molecule has 1 aromatic rings. The fourth-order valence-corrected chi connectivity index (χ4v) is 7.36. The van der Waals surface area contributed by atoms with Gasteiger partial charge in [0.05, 0.1) is 17.5 Å². The zero-order valence-electron chi connectivity index (χ0n) is 16.9. The smallest absolute Gasteiger partial charge is 0.407 e. The van der Waals surface area contributed by atoms with Gasteiger partial charge in [0.15, 0.2) is 15.0 Å². The number of amidine groups is 1. The van der Waals surface area contributed by atoms with Crippen LogP contribution in [-0.4, -0.2) is 60.5 Å². The molecule has 11 heteroatoms. The van der Waals surface area contributed by atoms with E-state index in [0.717, 1.165) is 0 Å². The summed E-state index contributed by atoms with van der Waals surface area (Å²) in [7, 11) is -3.14. The summed E-state index contributed by atoms with van der Waals surface area (Å²) in [6.07, 6.45) is -0.598. The molecule has 1 aromatic carbocycles. The Morgan fingerprint density at radius 2 is 2.07 bits per heavy atom. The van der Waals surface area contributed by atoms with E-state index in [0.29, 0.717) is 15.9 Å². The first kappa shape index (κ1) is 22.9. The number of carbonyl (C=O) groups is 2. The number of amides is 2. The SMILES string of the molecule is CC(C)(C)OC(=O)NCCC(=O)N=C1SC2CS(=O)(=O)CC2N1c1cccc(Cl)c1. The van der Waals surface area contributed by atoms with Crippen molar-refractivity contribution in [2.45, 2.75) is 44.1 Å². The number of alkyl carbamates (subject to hydrolysis) is 1. The largest absolute Gasteiger partial charge is 0.444 e. The number of nitrogens with one attached hydrogen (secondary N) is 1. The number of halogens is 1. The van der Waals surface area contributed by atoms with Crippen molar-refractivity contribution in [3.63, 3.8) is 0 Å². The lowest BCUT2D eigenvalue weighted by Crippen LogP contribution is -2.37. The van der Waals surface area contributed by atoms with Gasteiger partial charge in [-0.05, 0) is 39.0 Å². The molecule has 2 heterocycles. The van der Waals surface area contributed by atoms with Crippen LogP contribution in [0.15, 0.2) is 29.3 Å². The summed E-state index contributed by atoms with van der Waals surface area (Å²) in [5.74, 6) is -0.361. The first-order chi connectivity index (χ1) is 13.9. The minimum atomic E-state index is -3.14. The molecule has 0 saturated carbocycles. The first-order valence-corrected chi connectivity index (χ1v) is 12.5. The van der Waals surface area contributed by atoms with Gasteiger partial charge in [0.25, 0.3) is 0 Å². The van der Waals surface area contributed by atoms with E-state index >= 15 is 0 Å². The number of anilines is 1. The zero-order valence-corrected chi connectivity index (χ0v) is 19.3. The van der Waals surface area contributed by atoms with Crippen LogP contribution in [0, 0.1) is 0 Å². The molecular formula is C19H24ClN3O5S2. The molecule has 2 aliphatic rings. The van der Waals surface area contributed by atoms with Crippen LogP contribution in [0.5, 0.6) is 0 Å². The Morgan fingerprint density at radius 3 is 2.73 bits per heavy atom. The van der Waals surface area contributed by atoms with Crippen molar-refractivity contribution in [2.24, 2.45) is 4.99 Å². The predicted molar refractivity (Wildman–Crippen MR) is 119 cm³/mol. The third-order valence-electron chi connectivity index (χ3n) is 4.38. The van der Waals surface area contributed by atoms with Gasteiger partial charge >= 0.3 is 6.09 Å². The third kappa shape index (κ3) is 5.89. The van der Waals surface area contributed by atoms with Crippen molar-refractivity contribution in [1.82, 2.24) is 5.32 Å². The first-order valence-electron chi connectivity index (χ1n) is 9.44. The number of nitrogens with zero attached hydrogens (tertiary/aromatic N) is 2. The molecule has 2 saturated heterocycles.